The Hall–Kier alpha value is -3.75. The highest BCUT2D eigenvalue weighted by atomic mass is 16.6. The number of carbonyl (C=O) groups excluding carboxylic acids is 3. The molecule has 48 heavy (non-hydrogen) atoms. The minimum absolute atomic E-state index is 0.0000772. The first-order chi connectivity index (χ1) is 23.3. The molecule has 3 amide bonds. The van der Waals surface area contributed by atoms with Gasteiger partial charge in [-0.15, -0.1) is 0 Å². The zero-order valence-corrected chi connectivity index (χ0v) is 28.9. The van der Waals surface area contributed by atoms with Gasteiger partial charge < -0.3 is 34.5 Å². The van der Waals surface area contributed by atoms with Crippen LogP contribution in [0.1, 0.15) is 76.0 Å². The number of rotatable bonds is 23. The predicted octanol–water partition coefficient (Wildman–Crippen LogP) is 4.62. The Morgan fingerprint density at radius 2 is 1.25 bits per heavy atom. The molecule has 3 rings (SSSR count). The minimum Gasteiger partial charge on any atom is -0.379 e. The zero-order valence-electron chi connectivity index (χ0n) is 28.9. The predicted molar refractivity (Wildman–Crippen MR) is 186 cm³/mol. The van der Waals surface area contributed by atoms with Crippen LogP contribution in [0.2, 0.25) is 0 Å². The molecule has 0 unspecified atom stereocenters. The van der Waals surface area contributed by atoms with Crippen molar-refractivity contribution in [1.82, 2.24) is 10.6 Å². The minimum atomic E-state index is -0.0506. The van der Waals surface area contributed by atoms with E-state index in [2.05, 4.69) is 36.3 Å². The fourth-order valence-electron chi connectivity index (χ4n) is 4.82. The molecular weight excluding hydrogens is 610 g/mol. The van der Waals surface area contributed by atoms with Crippen molar-refractivity contribution in [3.63, 3.8) is 0 Å². The maximum atomic E-state index is 13.3. The van der Waals surface area contributed by atoms with E-state index < -0.39 is 0 Å². The summed E-state index contributed by atoms with van der Waals surface area (Å²) < 4.78 is 21.9. The van der Waals surface area contributed by atoms with Crippen LogP contribution in [-0.2, 0) is 39.9 Å². The molecule has 0 saturated heterocycles. The Labute approximate surface area is 286 Å². The van der Waals surface area contributed by atoms with Crippen LogP contribution in [0.15, 0.2) is 48.5 Å². The molecule has 1 heterocycles. The van der Waals surface area contributed by atoms with E-state index in [0.717, 1.165) is 41.6 Å². The molecule has 10 heteroatoms. The van der Waals surface area contributed by atoms with Crippen LogP contribution in [0.25, 0.3) is 0 Å². The third-order valence-electron chi connectivity index (χ3n) is 8.01. The summed E-state index contributed by atoms with van der Waals surface area (Å²) in [5.74, 6) is 6.91. The number of nitrogens with zero attached hydrogens (tertiary/aromatic N) is 1. The highest BCUT2D eigenvalue weighted by molar-refractivity contribution is 5.95. The van der Waals surface area contributed by atoms with Crippen molar-refractivity contribution in [2.45, 2.75) is 71.9 Å². The van der Waals surface area contributed by atoms with Crippen molar-refractivity contribution in [2.75, 3.05) is 64.3 Å². The van der Waals surface area contributed by atoms with Crippen LogP contribution in [0.3, 0.4) is 0 Å². The molecule has 0 fully saturated rings. The second kappa shape index (κ2) is 22.8. The largest absolute Gasteiger partial charge is 0.379 e. The normalized spacial score (nSPS) is 12.6. The second-order valence-corrected chi connectivity index (χ2v) is 12.1. The lowest BCUT2D eigenvalue weighted by Crippen LogP contribution is -2.36. The average Bonchev–Trinajstić information content (AvgIpc) is 3.07. The van der Waals surface area contributed by atoms with Gasteiger partial charge in [-0.25, -0.2) is 0 Å². The number of hydrogen-bond donors (Lipinski definition) is 2. The van der Waals surface area contributed by atoms with Crippen LogP contribution < -0.4 is 15.5 Å². The molecule has 1 atom stereocenters. The summed E-state index contributed by atoms with van der Waals surface area (Å²) in [5.41, 5.74) is 3.70. The number of fused-ring (bicyclic) bond motifs is 2. The summed E-state index contributed by atoms with van der Waals surface area (Å²) in [4.78, 5) is 39.1. The molecule has 0 aliphatic carbocycles. The molecule has 1 aliphatic rings. The smallest absolute Gasteiger partial charge is 0.227 e. The number of benzene rings is 2. The number of para-hydroxylation sites is 1. The fraction of sp³-hybridized carbons (Fsp3) is 0.553. The van der Waals surface area contributed by atoms with Gasteiger partial charge in [-0.2, -0.15) is 0 Å². The summed E-state index contributed by atoms with van der Waals surface area (Å²) in [6, 6.07) is 15.9. The van der Waals surface area contributed by atoms with E-state index in [1.54, 1.807) is 0 Å². The van der Waals surface area contributed by atoms with E-state index in [9.17, 15) is 14.4 Å². The summed E-state index contributed by atoms with van der Waals surface area (Å²) in [5, 5.41) is 5.88. The van der Waals surface area contributed by atoms with Crippen LogP contribution in [0, 0.1) is 17.8 Å². The van der Waals surface area contributed by atoms with Crippen LogP contribution in [0.4, 0.5) is 5.69 Å². The van der Waals surface area contributed by atoms with Crippen LogP contribution in [-0.4, -0.2) is 83.2 Å². The number of unbranched alkanes of at least 4 members (excludes halogenated alkanes) is 2. The van der Waals surface area contributed by atoms with Crippen molar-refractivity contribution in [3.05, 3.63) is 65.2 Å². The van der Waals surface area contributed by atoms with Gasteiger partial charge >= 0.3 is 0 Å². The summed E-state index contributed by atoms with van der Waals surface area (Å²) in [7, 11) is 0. The summed E-state index contributed by atoms with van der Waals surface area (Å²) in [6.07, 6.45) is 3.47. The molecule has 0 spiro atoms. The maximum absolute atomic E-state index is 13.3. The van der Waals surface area contributed by atoms with Crippen molar-refractivity contribution in [3.8, 4) is 11.8 Å². The molecule has 0 saturated carbocycles. The standard InChI is InChI=1S/C38H53N3O7/c1-30(2)31(3)40-37(43)19-22-46-24-26-48-28-27-47-25-23-45-21-18-36(42)39-20-10-4-5-15-38(44)41-29-34-13-7-6-11-32(34)16-17-33-12-8-9-14-35(33)41/h6-9,11-14,30-31H,4-5,10,15,18-29H2,1-3H3,(H,39,42)(H,40,43)/t31-/m1/s1. The molecule has 0 bridgehead atoms. The van der Waals surface area contributed by atoms with E-state index in [1.165, 1.54) is 0 Å². The Morgan fingerprint density at radius 3 is 1.92 bits per heavy atom. The van der Waals surface area contributed by atoms with E-state index in [1.807, 2.05) is 60.4 Å². The molecule has 2 N–H and O–H groups in total. The summed E-state index contributed by atoms with van der Waals surface area (Å²) in [6.45, 7) is 10.5. The third-order valence-corrected chi connectivity index (χ3v) is 8.01. The first-order valence-corrected chi connectivity index (χ1v) is 17.2. The summed E-state index contributed by atoms with van der Waals surface area (Å²) >= 11 is 0. The van der Waals surface area contributed by atoms with E-state index in [-0.39, 0.29) is 23.8 Å². The highest BCUT2D eigenvalue weighted by Crippen LogP contribution is 2.26. The van der Waals surface area contributed by atoms with Gasteiger partial charge in [0.2, 0.25) is 17.7 Å². The molecule has 1 aliphatic heterocycles. The molecule has 2 aromatic rings. The number of carbonyl (C=O) groups is 3. The Bertz CT molecular complexity index is 1340. The first kappa shape index (κ1) is 38.7. The van der Waals surface area contributed by atoms with Gasteiger partial charge in [-0.05, 0) is 49.4 Å². The molecule has 0 radical (unpaired) electrons. The van der Waals surface area contributed by atoms with Gasteiger partial charge in [0.1, 0.15) is 0 Å². The van der Waals surface area contributed by atoms with Gasteiger partial charge in [0, 0.05) is 43.0 Å². The van der Waals surface area contributed by atoms with Crippen LogP contribution >= 0.6 is 0 Å². The van der Waals surface area contributed by atoms with Crippen molar-refractivity contribution >= 4 is 23.4 Å². The van der Waals surface area contributed by atoms with Crippen molar-refractivity contribution in [2.24, 2.45) is 5.92 Å². The number of hydrogen-bond acceptors (Lipinski definition) is 7. The maximum Gasteiger partial charge on any atom is 0.227 e. The molecule has 0 aromatic heterocycles. The number of nitrogens with one attached hydrogen (secondary N) is 2. The molecule has 10 nitrogen and oxygen atoms in total. The highest BCUT2D eigenvalue weighted by Gasteiger charge is 2.20. The Balaban J connectivity index is 1.13. The quantitative estimate of drug-likeness (QED) is 0.132. The third kappa shape index (κ3) is 15.0. The van der Waals surface area contributed by atoms with Gasteiger partial charge in [0.05, 0.1) is 65.1 Å². The Morgan fingerprint density at radius 1 is 0.688 bits per heavy atom. The average molecular weight is 664 g/mol. The van der Waals surface area contributed by atoms with Gasteiger partial charge in [-0.1, -0.05) is 62.4 Å². The van der Waals surface area contributed by atoms with Crippen LogP contribution in [0.5, 0.6) is 0 Å². The van der Waals surface area contributed by atoms with Gasteiger partial charge in [0.15, 0.2) is 0 Å². The number of amides is 3. The lowest BCUT2D eigenvalue weighted by molar-refractivity contribution is -0.123. The molecular formula is C38H53N3O7. The Kier molecular flexibility index (Phi) is 18.3. The van der Waals surface area contributed by atoms with Gasteiger partial charge in [0.25, 0.3) is 0 Å². The van der Waals surface area contributed by atoms with Crippen molar-refractivity contribution in [1.29, 1.82) is 0 Å². The lowest BCUT2D eigenvalue weighted by atomic mass is 10.0. The lowest BCUT2D eigenvalue weighted by Gasteiger charge is -2.26. The SMILES string of the molecule is CC(C)[C@@H](C)NC(=O)CCOCCOCCOCCOCCC(=O)NCCCCCC(=O)N1Cc2ccccc2C#Cc2ccccc21. The monoisotopic (exact) mass is 663 g/mol. The number of ether oxygens (including phenoxy) is 4. The van der Waals surface area contributed by atoms with Crippen molar-refractivity contribution < 1.29 is 33.3 Å². The zero-order chi connectivity index (χ0) is 34.4. The van der Waals surface area contributed by atoms with E-state index in [0.29, 0.717) is 91.1 Å². The topological polar surface area (TPSA) is 115 Å². The molecule has 262 valence electrons. The second-order valence-electron chi connectivity index (χ2n) is 12.1. The number of anilines is 1. The van der Waals surface area contributed by atoms with Gasteiger partial charge in [-0.3, -0.25) is 14.4 Å². The van der Waals surface area contributed by atoms with E-state index >= 15 is 0 Å². The first-order valence-electron chi connectivity index (χ1n) is 17.2. The fourth-order valence-corrected chi connectivity index (χ4v) is 4.82. The van der Waals surface area contributed by atoms with E-state index in [4.69, 9.17) is 18.9 Å². The molecule has 2 aromatic carbocycles.